The van der Waals surface area contributed by atoms with Gasteiger partial charge in [0.05, 0.1) is 19.3 Å². The molecule has 1 rings (SSSR count). The van der Waals surface area contributed by atoms with Crippen LogP contribution in [-0.4, -0.2) is 35.7 Å². The molecule has 1 aromatic carbocycles. The molecule has 2 N–H and O–H groups in total. The minimum atomic E-state index is -1.65. The van der Waals surface area contributed by atoms with E-state index in [1.807, 2.05) is 0 Å². The van der Waals surface area contributed by atoms with Crippen molar-refractivity contribution in [3.63, 3.8) is 0 Å². The van der Waals surface area contributed by atoms with Gasteiger partial charge in [0.2, 0.25) is 0 Å². The van der Waals surface area contributed by atoms with E-state index in [-0.39, 0.29) is 5.56 Å². The summed E-state index contributed by atoms with van der Waals surface area (Å²) in [5, 5.41) is 18.3. The van der Waals surface area contributed by atoms with E-state index in [1.54, 1.807) is 19.1 Å². The van der Waals surface area contributed by atoms with Gasteiger partial charge in [-0.3, -0.25) is 4.79 Å². The predicted molar refractivity (Wildman–Crippen MR) is 67.4 cm³/mol. The van der Waals surface area contributed by atoms with Crippen molar-refractivity contribution in [1.82, 2.24) is 0 Å². The molecular weight excluding hydrogens is 252 g/mol. The van der Waals surface area contributed by atoms with Crippen LogP contribution in [0.15, 0.2) is 24.3 Å². The average Bonchev–Trinajstić information content (AvgIpc) is 2.39. The van der Waals surface area contributed by atoms with Crippen LogP contribution in [0.4, 0.5) is 0 Å². The summed E-state index contributed by atoms with van der Waals surface area (Å²) in [6, 6.07) is 4.64. The largest absolute Gasteiger partial charge is 0.507 e. The number of carbonyl (C=O) groups is 2. The number of aliphatic carboxylic acids is 1. The molecule has 6 heteroatoms. The normalized spacial score (nSPS) is 10.9. The van der Waals surface area contributed by atoms with Crippen LogP contribution in [0.25, 0.3) is 5.76 Å². The Morgan fingerprint density at radius 2 is 2.00 bits per heavy atom. The number of hydrogen-bond acceptors (Lipinski definition) is 5. The number of hydrogen-bond donors (Lipinski definition) is 2. The molecule has 0 fully saturated rings. The fraction of sp³-hybridized carbons (Fsp3) is 0.231. The molecule has 0 unspecified atom stereocenters. The fourth-order valence-electron chi connectivity index (χ4n) is 1.38. The van der Waals surface area contributed by atoms with Crippen molar-refractivity contribution < 1.29 is 29.3 Å². The quantitative estimate of drug-likeness (QED) is 0.462. The highest BCUT2D eigenvalue weighted by molar-refractivity contribution is 6.38. The number of rotatable bonds is 6. The Labute approximate surface area is 109 Å². The van der Waals surface area contributed by atoms with Crippen LogP contribution in [0.3, 0.4) is 0 Å². The number of carboxylic acids is 1. The lowest BCUT2D eigenvalue weighted by molar-refractivity contribution is -0.146. The molecular formula is C13H14O6. The summed E-state index contributed by atoms with van der Waals surface area (Å²) < 4.78 is 10.3. The molecule has 0 saturated heterocycles. The van der Waals surface area contributed by atoms with E-state index in [2.05, 4.69) is 0 Å². The fourth-order valence-corrected chi connectivity index (χ4v) is 1.38. The molecule has 0 aromatic heterocycles. The van der Waals surface area contributed by atoms with E-state index in [0.29, 0.717) is 24.2 Å². The first-order valence-electron chi connectivity index (χ1n) is 5.48. The number of aliphatic hydroxyl groups excluding tert-OH is 1. The van der Waals surface area contributed by atoms with Crippen molar-refractivity contribution in [2.75, 3.05) is 13.7 Å². The third-order valence-corrected chi connectivity index (χ3v) is 2.24. The molecule has 0 heterocycles. The number of ketones is 1. The van der Waals surface area contributed by atoms with Crippen LogP contribution < -0.4 is 9.47 Å². The molecule has 0 bridgehead atoms. The van der Waals surface area contributed by atoms with Crippen LogP contribution in [0.5, 0.6) is 11.5 Å². The van der Waals surface area contributed by atoms with Gasteiger partial charge in [0, 0.05) is 6.08 Å². The summed E-state index contributed by atoms with van der Waals surface area (Å²) in [4.78, 5) is 21.5. The first-order chi connectivity index (χ1) is 8.99. The smallest absolute Gasteiger partial charge is 0.376 e. The minimum Gasteiger partial charge on any atom is -0.507 e. The van der Waals surface area contributed by atoms with Crippen molar-refractivity contribution in [1.29, 1.82) is 0 Å². The molecule has 0 spiro atoms. The molecule has 19 heavy (non-hydrogen) atoms. The minimum absolute atomic E-state index is 0.191. The number of ether oxygens (including phenoxy) is 2. The highest BCUT2D eigenvalue weighted by Gasteiger charge is 2.14. The zero-order valence-corrected chi connectivity index (χ0v) is 10.5. The summed E-state index contributed by atoms with van der Waals surface area (Å²) in [5.74, 6) is -2.58. The van der Waals surface area contributed by atoms with Crippen LogP contribution in [0, 0.1) is 0 Å². The SMILES string of the molecule is CCOc1ccc(OC)cc1C(O)=CC(=O)C(=O)O. The standard InChI is InChI=1S/C13H14O6/c1-3-19-12-5-4-8(18-2)6-9(12)10(14)7-11(15)13(16)17/h4-7,14H,3H2,1-2H3,(H,16,17). The van der Waals surface area contributed by atoms with E-state index in [9.17, 15) is 14.7 Å². The van der Waals surface area contributed by atoms with E-state index >= 15 is 0 Å². The number of carbonyl (C=O) groups excluding carboxylic acids is 1. The van der Waals surface area contributed by atoms with Gasteiger partial charge in [-0.05, 0) is 25.1 Å². The van der Waals surface area contributed by atoms with Gasteiger partial charge in [0.15, 0.2) is 0 Å². The Bertz CT molecular complexity index is 518. The van der Waals surface area contributed by atoms with E-state index in [4.69, 9.17) is 14.6 Å². The van der Waals surface area contributed by atoms with Gasteiger partial charge in [-0.1, -0.05) is 0 Å². The van der Waals surface area contributed by atoms with Crippen molar-refractivity contribution in [3.05, 3.63) is 29.8 Å². The van der Waals surface area contributed by atoms with Crippen LogP contribution in [-0.2, 0) is 9.59 Å². The van der Waals surface area contributed by atoms with Crippen molar-refractivity contribution in [2.45, 2.75) is 6.92 Å². The molecule has 0 amide bonds. The number of methoxy groups -OCH3 is 1. The highest BCUT2D eigenvalue weighted by atomic mass is 16.5. The third-order valence-electron chi connectivity index (χ3n) is 2.24. The van der Waals surface area contributed by atoms with Gasteiger partial charge in [0.1, 0.15) is 17.3 Å². The Hall–Kier alpha value is -2.50. The van der Waals surface area contributed by atoms with Crippen LogP contribution >= 0.6 is 0 Å². The van der Waals surface area contributed by atoms with Crippen LogP contribution in [0.1, 0.15) is 12.5 Å². The average molecular weight is 266 g/mol. The van der Waals surface area contributed by atoms with Gasteiger partial charge in [-0.25, -0.2) is 4.79 Å². The lowest BCUT2D eigenvalue weighted by Crippen LogP contribution is -2.09. The molecule has 0 aliphatic rings. The van der Waals surface area contributed by atoms with Crippen LogP contribution in [0.2, 0.25) is 0 Å². The molecule has 1 aromatic rings. The topological polar surface area (TPSA) is 93.1 Å². The summed E-state index contributed by atoms with van der Waals surface area (Å²) in [6.07, 6.45) is 0.625. The second-order valence-corrected chi connectivity index (χ2v) is 3.49. The van der Waals surface area contributed by atoms with Gasteiger partial charge >= 0.3 is 5.97 Å². The Balaban J connectivity index is 3.21. The Morgan fingerprint density at radius 1 is 1.32 bits per heavy atom. The molecule has 0 radical (unpaired) electrons. The monoisotopic (exact) mass is 266 g/mol. The van der Waals surface area contributed by atoms with Gasteiger partial charge in [0.25, 0.3) is 5.78 Å². The number of aliphatic hydroxyl groups is 1. The summed E-state index contributed by atoms with van der Waals surface area (Å²) in [7, 11) is 1.45. The first-order valence-corrected chi connectivity index (χ1v) is 5.48. The maximum atomic E-state index is 11.0. The van der Waals surface area contributed by atoms with Crippen molar-refractivity contribution in [3.8, 4) is 11.5 Å². The van der Waals surface area contributed by atoms with Crippen molar-refractivity contribution >= 4 is 17.5 Å². The molecule has 0 aliphatic carbocycles. The second kappa shape index (κ2) is 6.44. The van der Waals surface area contributed by atoms with E-state index < -0.39 is 17.5 Å². The van der Waals surface area contributed by atoms with Gasteiger partial charge < -0.3 is 19.7 Å². The van der Waals surface area contributed by atoms with Gasteiger partial charge in [-0.15, -0.1) is 0 Å². The lowest BCUT2D eigenvalue weighted by Gasteiger charge is -2.11. The molecule has 6 nitrogen and oxygen atoms in total. The lowest BCUT2D eigenvalue weighted by atomic mass is 10.1. The second-order valence-electron chi connectivity index (χ2n) is 3.49. The first kappa shape index (κ1) is 14.6. The third kappa shape index (κ3) is 3.74. The highest BCUT2D eigenvalue weighted by Crippen LogP contribution is 2.29. The molecule has 102 valence electrons. The predicted octanol–water partition coefficient (Wildman–Crippen LogP) is 1.65. The maximum Gasteiger partial charge on any atom is 0.376 e. The zero-order chi connectivity index (χ0) is 14.4. The zero-order valence-electron chi connectivity index (χ0n) is 10.5. The molecule has 0 aliphatic heterocycles. The summed E-state index contributed by atoms with van der Waals surface area (Å²) >= 11 is 0. The van der Waals surface area contributed by atoms with E-state index in [0.717, 1.165) is 0 Å². The maximum absolute atomic E-state index is 11.0. The molecule has 0 saturated carbocycles. The van der Waals surface area contributed by atoms with Gasteiger partial charge in [-0.2, -0.15) is 0 Å². The summed E-state index contributed by atoms with van der Waals surface area (Å²) in [6.45, 7) is 2.12. The number of benzene rings is 1. The van der Waals surface area contributed by atoms with E-state index in [1.165, 1.54) is 13.2 Å². The molecule has 0 atom stereocenters. The number of carboxylic acid groups (broad SMARTS) is 1. The van der Waals surface area contributed by atoms with Crippen molar-refractivity contribution in [2.24, 2.45) is 0 Å². The Kier molecular flexibility index (Phi) is 4.93. The Morgan fingerprint density at radius 3 is 2.53 bits per heavy atom. The summed E-state index contributed by atoms with van der Waals surface area (Å²) in [5.41, 5.74) is 0.191.